The summed E-state index contributed by atoms with van der Waals surface area (Å²) in [6.07, 6.45) is -0.713. The van der Waals surface area contributed by atoms with Crippen molar-refractivity contribution in [2.24, 2.45) is 0 Å². The molecule has 0 radical (unpaired) electrons. The Hall–Kier alpha value is -3.83. The minimum Gasteiger partial charge on any atom is -0.496 e. The van der Waals surface area contributed by atoms with Crippen molar-refractivity contribution >= 4 is 11.8 Å². The number of rotatable bonds is 9. The van der Waals surface area contributed by atoms with Gasteiger partial charge in [-0.2, -0.15) is 0 Å². The van der Waals surface area contributed by atoms with E-state index in [9.17, 15) is 19.8 Å². The van der Waals surface area contributed by atoms with Crippen molar-refractivity contribution < 1.29 is 24.4 Å². The standard InChI is InChI=1S/C31H32N2O7S/c1-20-18-33(29(37)32-28(20)36)30(17-24(35)27(19-34)40-30)41-31(21-11-5-4-6-12-21,22-13-7-9-15-25(22)38-2)23-14-8-10-16-26(23)39-3/h4-16,18,24,27,34-35H,17,19H2,1-3H3,(H,32,36,37)/t24-,27+,30-/m0/s1. The van der Waals surface area contributed by atoms with Gasteiger partial charge in [0.25, 0.3) is 5.56 Å². The number of aromatic nitrogens is 2. The van der Waals surface area contributed by atoms with Crippen molar-refractivity contribution in [2.75, 3.05) is 20.8 Å². The molecule has 10 heteroatoms. The molecule has 0 spiro atoms. The maximum absolute atomic E-state index is 13.4. The lowest BCUT2D eigenvalue weighted by atomic mass is 9.83. The van der Waals surface area contributed by atoms with Gasteiger partial charge in [-0.15, -0.1) is 0 Å². The highest BCUT2D eigenvalue weighted by molar-refractivity contribution is 8.01. The van der Waals surface area contributed by atoms with Crippen molar-refractivity contribution in [3.63, 3.8) is 0 Å². The van der Waals surface area contributed by atoms with Gasteiger partial charge in [-0.3, -0.25) is 14.3 Å². The molecule has 1 aliphatic heterocycles. The molecule has 1 fully saturated rings. The number of aliphatic hydroxyl groups excluding tert-OH is 2. The number of aryl methyl sites for hydroxylation is 1. The number of thioether (sulfide) groups is 1. The largest absolute Gasteiger partial charge is 0.496 e. The quantitative estimate of drug-likeness (QED) is 0.260. The third-order valence-corrected chi connectivity index (χ3v) is 9.12. The molecule has 1 saturated heterocycles. The fraction of sp³-hybridized carbons (Fsp3) is 0.290. The monoisotopic (exact) mass is 576 g/mol. The Morgan fingerprint density at radius 2 is 1.54 bits per heavy atom. The van der Waals surface area contributed by atoms with E-state index in [4.69, 9.17) is 14.2 Å². The van der Waals surface area contributed by atoms with E-state index in [1.165, 1.54) is 22.5 Å². The van der Waals surface area contributed by atoms with E-state index in [2.05, 4.69) is 4.98 Å². The normalized spacial score (nSPS) is 20.6. The summed E-state index contributed by atoms with van der Waals surface area (Å²) in [4.78, 5) is 28.2. The summed E-state index contributed by atoms with van der Waals surface area (Å²) in [5.41, 5.74) is 1.35. The Labute approximate surface area is 241 Å². The zero-order valence-electron chi connectivity index (χ0n) is 22.9. The maximum Gasteiger partial charge on any atom is 0.331 e. The van der Waals surface area contributed by atoms with Gasteiger partial charge in [0.15, 0.2) is 0 Å². The van der Waals surface area contributed by atoms with E-state index in [0.29, 0.717) is 11.5 Å². The summed E-state index contributed by atoms with van der Waals surface area (Å²) >= 11 is 1.26. The van der Waals surface area contributed by atoms with Gasteiger partial charge < -0.3 is 24.4 Å². The Kier molecular flexibility index (Phi) is 8.10. The van der Waals surface area contributed by atoms with Crippen LogP contribution in [0.15, 0.2) is 94.6 Å². The van der Waals surface area contributed by atoms with E-state index in [1.807, 2.05) is 78.9 Å². The molecule has 2 heterocycles. The Bertz CT molecular complexity index is 1590. The van der Waals surface area contributed by atoms with Crippen LogP contribution in [0.3, 0.4) is 0 Å². The van der Waals surface area contributed by atoms with Gasteiger partial charge in [0.2, 0.25) is 5.06 Å². The van der Waals surface area contributed by atoms with Crippen molar-refractivity contribution in [1.82, 2.24) is 9.55 Å². The van der Waals surface area contributed by atoms with Crippen molar-refractivity contribution in [3.8, 4) is 11.5 Å². The van der Waals surface area contributed by atoms with E-state index < -0.39 is 39.9 Å². The van der Waals surface area contributed by atoms with Gasteiger partial charge in [0, 0.05) is 29.3 Å². The highest BCUT2D eigenvalue weighted by Gasteiger charge is 2.56. The molecule has 214 valence electrons. The fourth-order valence-electron chi connectivity index (χ4n) is 5.42. The third-order valence-electron chi connectivity index (χ3n) is 7.36. The number of ether oxygens (including phenoxy) is 3. The molecule has 0 bridgehead atoms. The number of benzene rings is 3. The zero-order chi connectivity index (χ0) is 29.2. The molecular formula is C31H32N2O7S. The number of hydrogen-bond acceptors (Lipinski definition) is 8. The molecule has 5 rings (SSSR count). The number of aliphatic hydroxyl groups is 2. The molecule has 0 amide bonds. The Balaban J connectivity index is 1.92. The number of nitrogens with zero attached hydrogens (tertiary/aromatic N) is 1. The van der Waals surface area contributed by atoms with Gasteiger partial charge in [0.05, 0.1) is 26.9 Å². The van der Waals surface area contributed by atoms with Crippen LogP contribution in [-0.4, -0.2) is 52.8 Å². The van der Waals surface area contributed by atoms with Crippen molar-refractivity contribution in [3.05, 3.63) is 128 Å². The molecule has 41 heavy (non-hydrogen) atoms. The first-order chi connectivity index (χ1) is 19.8. The van der Waals surface area contributed by atoms with Crippen LogP contribution in [0.5, 0.6) is 11.5 Å². The Morgan fingerprint density at radius 1 is 0.976 bits per heavy atom. The Morgan fingerprint density at radius 3 is 2.07 bits per heavy atom. The van der Waals surface area contributed by atoms with Gasteiger partial charge in [-0.05, 0) is 24.6 Å². The predicted molar refractivity (Wildman–Crippen MR) is 157 cm³/mol. The summed E-state index contributed by atoms with van der Waals surface area (Å²) in [7, 11) is 3.18. The van der Waals surface area contributed by atoms with E-state index in [0.717, 1.165) is 16.7 Å². The van der Waals surface area contributed by atoms with Crippen molar-refractivity contribution in [1.29, 1.82) is 0 Å². The van der Waals surface area contributed by atoms with Gasteiger partial charge in [0.1, 0.15) is 22.4 Å². The number of methoxy groups -OCH3 is 2. The summed E-state index contributed by atoms with van der Waals surface area (Å²) in [5.74, 6) is 1.15. The minimum absolute atomic E-state index is 0.0623. The van der Waals surface area contributed by atoms with Crippen LogP contribution in [0.4, 0.5) is 0 Å². The molecular weight excluding hydrogens is 544 g/mol. The molecule has 0 unspecified atom stereocenters. The van der Waals surface area contributed by atoms with Gasteiger partial charge in [-0.1, -0.05) is 78.5 Å². The van der Waals surface area contributed by atoms with Crippen LogP contribution in [0.2, 0.25) is 0 Å². The van der Waals surface area contributed by atoms with Crippen molar-refractivity contribution in [2.45, 2.75) is 35.4 Å². The number of para-hydroxylation sites is 2. The predicted octanol–water partition coefficient (Wildman–Crippen LogP) is 3.34. The molecule has 0 aliphatic carbocycles. The molecule has 4 aromatic rings. The van der Waals surface area contributed by atoms with Crippen LogP contribution in [0, 0.1) is 6.92 Å². The lowest BCUT2D eigenvalue weighted by Crippen LogP contribution is -2.46. The molecule has 3 atom stereocenters. The summed E-state index contributed by atoms with van der Waals surface area (Å²) in [6, 6.07) is 24.8. The van der Waals surface area contributed by atoms with Crippen LogP contribution >= 0.6 is 11.8 Å². The topological polar surface area (TPSA) is 123 Å². The number of aromatic amines is 1. The van der Waals surface area contributed by atoms with E-state index in [1.54, 1.807) is 21.1 Å². The summed E-state index contributed by atoms with van der Waals surface area (Å²) in [5, 5.41) is 19.6. The third kappa shape index (κ3) is 4.97. The first kappa shape index (κ1) is 28.7. The van der Waals surface area contributed by atoms with Gasteiger partial charge >= 0.3 is 5.69 Å². The fourth-order valence-corrected chi connectivity index (χ4v) is 7.37. The van der Waals surface area contributed by atoms with Crippen LogP contribution < -0.4 is 20.7 Å². The highest BCUT2D eigenvalue weighted by atomic mass is 32.2. The molecule has 1 aliphatic rings. The average molecular weight is 577 g/mol. The molecule has 9 nitrogen and oxygen atoms in total. The van der Waals surface area contributed by atoms with E-state index in [-0.39, 0.29) is 12.0 Å². The maximum atomic E-state index is 13.4. The minimum atomic E-state index is -1.59. The second kappa shape index (κ2) is 11.6. The molecule has 3 N–H and O–H groups in total. The molecule has 3 aromatic carbocycles. The number of hydrogen-bond donors (Lipinski definition) is 3. The number of H-pyrrole nitrogens is 1. The van der Waals surface area contributed by atoms with Gasteiger partial charge in [-0.25, -0.2) is 4.79 Å². The highest BCUT2D eigenvalue weighted by Crippen LogP contribution is 2.61. The molecule has 0 saturated carbocycles. The zero-order valence-corrected chi connectivity index (χ0v) is 23.8. The lowest BCUT2D eigenvalue weighted by Gasteiger charge is -2.43. The lowest BCUT2D eigenvalue weighted by molar-refractivity contribution is -0.0652. The summed E-state index contributed by atoms with van der Waals surface area (Å²) < 4.78 is 18.4. The van der Waals surface area contributed by atoms with Crippen LogP contribution in [-0.2, 0) is 14.5 Å². The summed E-state index contributed by atoms with van der Waals surface area (Å²) in [6.45, 7) is 1.12. The smallest absolute Gasteiger partial charge is 0.331 e. The second-order valence-electron chi connectivity index (χ2n) is 9.81. The second-order valence-corrected chi connectivity index (χ2v) is 11.3. The molecule has 1 aromatic heterocycles. The SMILES string of the molecule is COc1ccccc1C(S[C@]1(n2cc(C)c(=O)[nH]c2=O)C[C@H](O)[C@@H](CO)O1)(c1ccccc1)c1ccccc1OC. The average Bonchev–Trinajstić information content (AvgIpc) is 3.33. The van der Waals surface area contributed by atoms with Crippen LogP contribution in [0.1, 0.15) is 28.7 Å². The first-order valence-electron chi connectivity index (χ1n) is 13.1. The van der Waals surface area contributed by atoms with Crippen LogP contribution in [0.25, 0.3) is 0 Å². The number of nitrogens with one attached hydrogen (secondary N) is 1. The first-order valence-corrected chi connectivity index (χ1v) is 13.9. The van der Waals surface area contributed by atoms with E-state index >= 15 is 0 Å².